The summed E-state index contributed by atoms with van der Waals surface area (Å²) in [7, 11) is 1.56. The lowest BCUT2D eigenvalue weighted by Crippen LogP contribution is -2.24. The molecule has 0 aliphatic heterocycles. The fraction of sp³-hybridized carbons (Fsp3) is 0.400. The first-order valence-electron chi connectivity index (χ1n) is 4.49. The number of nitrogens with zero attached hydrogens (tertiary/aromatic N) is 1. The van der Waals surface area contributed by atoms with E-state index in [0.29, 0.717) is 5.56 Å². The molecule has 0 bridgehead atoms. The standard InChI is InChI=1S/C10H13F3N2/c1-15(6-10(12)13)5-7-2-3-9(14)8(11)4-7/h2-4,10H,5-6,14H2,1H3. The van der Waals surface area contributed by atoms with Crippen LogP contribution in [0.5, 0.6) is 0 Å². The molecular weight excluding hydrogens is 205 g/mol. The third-order valence-electron chi connectivity index (χ3n) is 1.97. The van der Waals surface area contributed by atoms with Gasteiger partial charge in [0.1, 0.15) is 5.82 Å². The van der Waals surface area contributed by atoms with Gasteiger partial charge in [-0.1, -0.05) is 6.07 Å². The number of benzene rings is 1. The van der Waals surface area contributed by atoms with Crippen LogP contribution in [0.1, 0.15) is 5.56 Å². The molecule has 0 fully saturated rings. The van der Waals surface area contributed by atoms with E-state index in [9.17, 15) is 13.2 Å². The fourth-order valence-electron chi connectivity index (χ4n) is 1.28. The summed E-state index contributed by atoms with van der Waals surface area (Å²) in [5, 5.41) is 0. The molecule has 0 heterocycles. The average Bonchev–Trinajstić information content (AvgIpc) is 2.10. The molecule has 84 valence electrons. The van der Waals surface area contributed by atoms with Crippen molar-refractivity contribution in [2.24, 2.45) is 0 Å². The molecule has 0 spiro atoms. The lowest BCUT2D eigenvalue weighted by molar-refractivity contribution is 0.0975. The Labute approximate surface area is 86.5 Å². The summed E-state index contributed by atoms with van der Waals surface area (Å²) in [6, 6.07) is 4.32. The lowest BCUT2D eigenvalue weighted by atomic mass is 10.2. The Balaban J connectivity index is 2.60. The van der Waals surface area contributed by atoms with Crippen LogP contribution >= 0.6 is 0 Å². The summed E-state index contributed by atoms with van der Waals surface area (Å²) in [6.45, 7) is -0.0481. The molecule has 2 N–H and O–H groups in total. The van der Waals surface area contributed by atoms with Crippen molar-refractivity contribution in [2.45, 2.75) is 13.0 Å². The highest BCUT2D eigenvalue weighted by Crippen LogP contribution is 2.13. The number of hydrogen-bond acceptors (Lipinski definition) is 2. The Kier molecular flexibility index (Phi) is 3.96. The van der Waals surface area contributed by atoms with Crippen LogP contribution < -0.4 is 5.73 Å². The van der Waals surface area contributed by atoms with Crippen LogP contribution in [0, 0.1) is 5.82 Å². The second kappa shape index (κ2) is 5.02. The SMILES string of the molecule is CN(Cc1ccc(N)c(F)c1)CC(F)F. The third kappa shape index (κ3) is 3.79. The van der Waals surface area contributed by atoms with E-state index in [1.54, 1.807) is 13.1 Å². The van der Waals surface area contributed by atoms with E-state index in [2.05, 4.69) is 0 Å². The van der Waals surface area contributed by atoms with Gasteiger partial charge in [0.15, 0.2) is 0 Å². The quantitative estimate of drug-likeness (QED) is 0.784. The van der Waals surface area contributed by atoms with E-state index >= 15 is 0 Å². The van der Waals surface area contributed by atoms with Gasteiger partial charge in [-0.3, -0.25) is 4.90 Å². The highest BCUT2D eigenvalue weighted by atomic mass is 19.3. The number of nitrogen functional groups attached to an aromatic ring is 1. The van der Waals surface area contributed by atoms with E-state index in [1.165, 1.54) is 17.0 Å². The lowest BCUT2D eigenvalue weighted by Gasteiger charge is -2.16. The van der Waals surface area contributed by atoms with Gasteiger partial charge in [0, 0.05) is 6.54 Å². The highest BCUT2D eigenvalue weighted by molar-refractivity contribution is 5.41. The maximum Gasteiger partial charge on any atom is 0.251 e. The maximum atomic E-state index is 13.0. The predicted octanol–water partition coefficient (Wildman–Crippen LogP) is 2.10. The van der Waals surface area contributed by atoms with Gasteiger partial charge >= 0.3 is 0 Å². The van der Waals surface area contributed by atoms with Crippen LogP contribution in [0.4, 0.5) is 18.9 Å². The minimum atomic E-state index is -2.38. The maximum absolute atomic E-state index is 13.0. The molecule has 1 aromatic carbocycles. The molecule has 0 radical (unpaired) electrons. The van der Waals surface area contributed by atoms with E-state index in [0.717, 1.165) is 0 Å². The van der Waals surface area contributed by atoms with Crippen molar-refractivity contribution in [1.29, 1.82) is 0 Å². The topological polar surface area (TPSA) is 29.3 Å². The Morgan fingerprint density at radius 3 is 2.60 bits per heavy atom. The number of anilines is 1. The molecule has 0 unspecified atom stereocenters. The molecule has 0 atom stereocenters. The smallest absolute Gasteiger partial charge is 0.251 e. The second-order valence-corrected chi connectivity index (χ2v) is 3.44. The summed E-state index contributed by atoms with van der Waals surface area (Å²) in [5.74, 6) is -0.516. The normalized spacial score (nSPS) is 11.3. The van der Waals surface area contributed by atoms with Crippen LogP contribution in [0.15, 0.2) is 18.2 Å². The molecule has 0 aliphatic carbocycles. The van der Waals surface area contributed by atoms with Crippen molar-refractivity contribution < 1.29 is 13.2 Å². The second-order valence-electron chi connectivity index (χ2n) is 3.44. The van der Waals surface area contributed by atoms with Gasteiger partial charge in [-0.25, -0.2) is 13.2 Å². The monoisotopic (exact) mass is 218 g/mol. The number of halogens is 3. The zero-order chi connectivity index (χ0) is 11.4. The predicted molar refractivity (Wildman–Crippen MR) is 53.2 cm³/mol. The molecule has 15 heavy (non-hydrogen) atoms. The molecule has 0 saturated heterocycles. The number of hydrogen-bond donors (Lipinski definition) is 1. The van der Waals surface area contributed by atoms with Crippen molar-refractivity contribution in [3.63, 3.8) is 0 Å². The van der Waals surface area contributed by atoms with Crippen molar-refractivity contribution in [3.8, 4) is 0 Å². The molecule has 5 heteroatoms. The Hall–Kier alpha value is -1.23. The minimum absolute atomic E-state index is 0.0651. The molecule has 1 rings (SSSR count). The molecule has 0 saturated carbocycles. The van der Waals surface area contributed by atoms with Crippen molar-refractivity contribution in [1.82, 2.24) is 4.90 Å². The Bertz CT molecular complexity index is 328. The van der Waals surface area contributed by atoms with Gasteiger partial charge in [-0.15, -0.1) is 0 Å². The summed E-state index contributed by atoms with van der Waals surface area (Å²) < 4.78 is 37.0. The minimum Gasteiger partial charge on any atom is -0.396 e. The van der Waals surface area contributed by atoms with Crippen LogP contribution in [0.2, 0.25) is 0 Å². The first kappa shape index (κ1) is 11.8. The first-order valence-corrected chi connectivity index (χ1v) is 4.49. The summed E-state index contributed by atoms with van der Waals surface area (Å²) in [5.41, 5.74) is 5.99. The van der Waals surface area contributed by atoms with Crippen molar-refractivity contribution in [3.05, 3.63) is 29.6 Å². The fourth-order valence-corrected chi connectivity index (χ4v) is 1.28. The zero-order valence-electron chi connectivity index (χ0n) is 8.38. The number of nitrogens with two attached hydrogens (primary N) is 1. The van der Waals surface area contributed by atoms with Crippen molar-refractivity contribution >= 4 is 5.69 Å². The van der Waals surface area contributed by atoms with Crippen LogP contribution in [-0.4, -0.2) is 24.9 Å². The molecular formula is C10H13F3N2. The number of rotatable bonds is 4. The van der Waals surface area contributed by atoms with E-state index in [4.69, 9.17) is 5.73 Å². The first-order chi connectivity index (χ1) is 6.99. The summed E-state index contributed by atoms with van der Waals surface area (Å²) >= 11 is 0. The van der Waals surface area contributed by atoms with E-state index < -0.39 is 12.2 Å². The zero-order valence-corrected chi connectivity index (χ0v) is 8.38. The molecule has 0 aromatic heterocycles. The van der Waals surface area contributed by atoms with E-state index in [1.807, 2.05) is 0 Å². The van der Waals surface area contributed by atoms with Gasteiger partial charge < -0.3 is 5.73 Å². The Morgan fingerprint density at radius 1 is 1.40 bits per heavy atom. The number of alkyl halides is 2. The highest BCUT2D eigenvalue weighted by Gasteiger charge is 2.08. The van der Waals surface area contributed by atoms with Crippen LogP contribution in [0.25, 0.3) is 0 Å². The van der Waals surface area contributed by atoms with Gasteiger partial charge in [0.2, 0.25) is 0 Å². The molecule has 1 aromatic rings. The van der Waals surface area contributed by atoms with Gasteiger partial charge in [0.25, 0.3) is 6.43 Å². The molecule has 2 nitrogen and oxygen atoms in total. The Morgan fingerprint density at radius 2 is 2.07 bits per heavy atom. The third-order valence-corrected chi connectivity index (χ3v) is 1.97. The largest absolute Gasteiger partial charge is 0.396 e. The van der Waals surface area contributed by atoms with Crippen LogP contribution in [0.3, 0.4) is 0 Å². The van der Waals surface area contributed by atoms with Gasteiger partial charge in [0.05, 0.1) is 12.2 Å². The molecule has 0 aliphatic rings. The van der Waals surface area contributed by atoms with Gasteiger partial charge in [-0.05, 0) is 24.7 Å². The van der Waals surface area contributed by atoms with Gasteiger partial charge in [-0.2, -0.15) is 0 Å². The average molecular weight is 218 g/mol. The molecule has 0 amide bonds. The summed E-state index contributed by atoms with van der Waals surface area (Å²) in [4.78, 5) is 1.43. The van der Waals surface area contributed by atoms with E-state index in [-0.39, 0.29) is 18.8 Å². The van der Waals surface area contributed by atoms with Crippen LogP contribution in [-0.2, 0) is 6.54 Å². The van der Waals surface area contributed by atoms with Crippen molar-refractivity contribution in [2.75, 3.05) is 19.3 Å². The summed E-state index contributed by atoms with van der Waals surface area (Å²) in [6.07, 6.45) is -2.38.